The minimum Gasteiger partial charge on any atom is -0.489 e. The number of benzene rings is 3. The van der Waals surface area contributed by atoms with Crippen LogP contribution in [0.4, 0.5) is 11.5 Å². The van der Waals surface area contributed by atoms with Crippen molar-refractivity contribution in [2.45, 2.75) is 6.61 Å². The van der Waals surface area contributed by atoms with Gasteiger partial charge in [-0.2, -0.15) is 5.10 Å². The quantitative estimate of drug-likeness (QED) is 0.264. The maximum absolute atomic E-state index is 10.7. The number of hydrazone groups is 1. The minimum absolute atomic E-state index is 0.0689. The van der Waals surface area contributed by atoms with Crippen LogP contribution in [0.2, 0.25) is 0 Å². The highest BCUT2D eigenvalue weighted by Crippen LogP contribution is 2.21. The first-order valence-corrected chi connectivity index (χ1v) is 9.28. The van der Waals surface area contributed by atoms with Gasteiger partial charge >= 0.3 is 0 Å². The maximum Gasteiger partial charge on any atom is 0.287 e. The third-order valence-electron chi connectivity index (χ3n) is 4.48. The van der Waals surface area contributed by atoms with E-state index in [2.05, 4.69) is 39.8 Å². The lowest BCUT2D eigenvalue weighted by molar-refractivity contribution is -0.385. The Morgan fingerprint density at radius 1 is 1.03 bits per heavy atom. The minimum atomic E-state index is -0.496. The predicted molar refractivity (Wildman–Crippen MR) is 117 cm³/mol. The molecule has 0 spiro atoms. The van der Waals surface area contributed by atoms with Gasteiger partial charge < -0.3 is 4.74 Å². The molecule has 0 aliphatic heterocycles. The summed E-state index contributed by atoms with van der Waals surface area (Å²) in [5.74, 6) is 1.15. The highest BCUT2D eigenvalue weighted by Gasteiger charge is 2.04. The van der Waals surface area contributed by atoms with Crippen LogP contribution in [0.3, 0.4) is 0 Å². The summed E-state index contributed by atoms with van der Waals surface area (Å²) >= 11 is 0. The van der Waals surface area contributed by atoms with E-state index in [0.29, 0.717) is 12.4 Å². The molecule has 0 atom stereocenters. The van der Waals surface area contributed by atoms with Gasteiger partial charge in [0.05, 0.1) is 11.1 Å². The summed E-state index contributed by atoms with van der Waals surface area (Å²) in [6.45, 7) is 0.465. The highest BCUT2D eigenvalue weighted by atomic mass is 16.6. The second-order valence-corrected chi connectivity index (χ2v) is 6.53. The molecular weight excluding hydrogens is 380 g/mol. The zero-order chi connectivity index (χ0) is 20.8. The maximum atomic E-state index is 10.7. The number of ether oxygens (including phenoxy) is 1. The number of hydrogen-bond donors (Lipinski definition) is 1. The number of anilines is 1. The fraction of sp³-hybridized carbons (Fsp3) is 0.0435. The molecule has 0 radical (unpaired) electrons. The molecule has 0 aliphatic carbocycles. The lowest BCUT2D eigenvalue weighted by atomic mass is 10.1. The number of aromatic nitrogens is 1. The standard InChI is InChI=1S/C23H18N4O3/c28-27(29)20-11-12-23(24-15-20)26-25-14-17-5-3-9-21(13-17)30-16-19-8-4-7-18-6-1-2-10-22(18)19/h1-15H,16H2,(H,24,26)/b25-14-. The van der Waals surface area contributed by atoms with E-state index in [4.69, 9.17) is 4.74 Å². The predicted octanol–water partition coefficient (Wildman–Crippen LogP) is 5.17. The number of pyridine rings is 1. The van der Waals surface area contributed by atoms with Gasteiger partial charge in [-0.25, -0.2) is 4.98 Å². The molecule has 4 rings (SSSR count). The SMILES string of the molecule is O=[N+]([O-])c1ccc(N/N=C\c2cccc(OCc3cccc4ccccc34)c2)nc1. The van der Waals surface area contributed by atoms with Gasteiger partial charge in [0.2, 0.25) is 0 Å². The fourth-order valence-corrected chi connectivity index (χ4v) is 3.00. The first-order chi connectivity index (χ1) is 14.7. The second-order valence-electron chi connectivity index (χ2n) is 6.53. The van der Waals surface area contributed by atoms with E-state index in [-0.39, 0.29) is 5.69 Å². The summed E-state index contributed by atoms with van der Waals surface area (Å²) in [4.78, 5) is 14.1. The largest absolute Gasteiger partial charge is 0.489 e. The van der Waals surface area contributed by atoms with E-state index in [9.17, 15) is 10.1 Å². The summed E-state index contributed by atoms with van der Waals surface area (Å²) in [6.07, 6.45) is 2.81. The van der Waals surface area contributed by atoms with Crippen LogP contribution in [0.25, 0.3) is 10.8 Å². The first-order valence-electron chi connectivity index (χ1n) is 9.28. The van der Waals surface area contributed by atoms with E-state index in [1.807, 2.05) is 42.5 Å². The van der Waals surface area contributed by atoms with E-state index in [1.54, 1.807) is 6.21 Å². The smallest absolute Gasteiger partial charge is 0.287 e. The summed E-state index contributed by atoms with van der Waals surface area (Å²) in [6, 6.07) is 24.9. The Hall–Kier alpha value is -4.26. The molecule has 0 amide bonds. The molecule has 3 aromatic carbocycles. The number of rotatable bonds is 7. The van der Waals surface area contributed by atoms with Gasteiger partial charge in [0, 0.05) is 6.07 Å². The first kappa shape index (κ1) is 19.1. The Labute approximate surface area is 172 Å². The molecule has 4 aromatic rings. The van der Waals surface area contributed by atoms with Crippen molar-refractivity contribution in [3.8, 4) is 5.75 Å². The third-order valence-corrected chi connectivity index (χ3v) is 4.48. The molecular formula is C23H18N4O3. The molecule has 1 aromatic heterocycles. The van der Waals surface area contributed by atoms with Crippen molar-refractivity contribution < 1.29 is 9.66 Å². The van der Waals surface area contributed by atoms with E-state index in [1.165, 1.54) is 29.1 Å². The Kier molecular flexibility index (Phi) is 5.61. The highest BCUT2D eigenvalue weighted by molar-refractivity contribution is 5.85. The van der Waals surface area contributed by atoms with Crippen LogP contribution in [0.15, 0.2) is 90.2 Å². The Bertz CT molecular complexity index is 1200. The molecule has 30 heavy (non-hydrogen) atoms. The van der Waals surface area contributed by atoms with Crippen molar-refractivity contribution in [2.24, 2.45) is 5.10 Å². The van der Waals surface area contributed by atoms with Crippen LogP contribution in [0, 0.1) is 10.1 Å². The molecule has 1 N–H and O–H groups in total. The molecule has 7 heteroatoms. The topological polar surface area (TPSA) is 89.7 Å². The Morgan fingerprint density at radius 2 is 1.87 bits per heavy atom. The normalized spacial score (nSPS) is 10.9. The third kappa shape index (κ3) is 4.59. The zero-order valence-corrected chi connectivity index (χ0v) is 15.9. The lowest BCUT2D eigenvalue weighted by Gasteiger charge is -2.09. The van der Waals surface area contributed by atoms with E-state index in [0.717, 1.165) is 16.9 Å². The van der Waals surface area contributed by atoms with Crippen LogP contribution in [0.1, 0.15) is 11.1 Å². The zero-order valence-electron chi connectivity index (χ0n) is 15.9. The van der Waals surface area contributed by atoms with Crippen molar-refractivity contribution in [3.63, 3.8) is 0 Å². The van der Waals surface area contributed by atoms with Crippen molar-refractivity contribution >= 4 is 28.5 Å². The van der Waals surface area contributed by atoms with Gasteiger partial charge in [0.15, 0.2) is 0 Å². The summed E-state index contributed by atoms with van der Waals surface area (Å²) < 4.78 is 5.98. The van der Waals surface area contributed by atoms with Crippen LogP contribution >= 0.6 is 0 Å². The van der Waals surface area contributed by atoms with Gasteiger partial charge in [-0.1, -0.05) is 54.6 Å². The average Bonchev–Trinajstić information content (AvgIpc) is 2.78. The van der Waals surface area contributed by atoms with Crippen molar-refractivity contribution in [2.75, 3.05) is 5.43 Å². The van der Waals surface area contributed by atoms with Gasteiger partial charge in [-0.05, 0) is 40.1 Å². The van der Waals surface area contributed by atoms with Crippen molar-refractivity contribution in [1.29, 1.82) is 0 Å². The molecule has 0 aliphatic rings. The van der Waals surface area contributed by atoms with Gasteiger partial charge in [0.1, 0.15) is 24.4 Å². The number of fused-ring (bicyclic) bond motifs is 1. The summed E-state index contributed by atoms with van der Waals surface area (Å²) in [5, 5.41) is 17.1. The number of nitrogens with zero attached hydrogens (tertiary/aromatic N) is 3. The molecule has 0 bridgehead atoms. The summed E-state index contributed by atoms with van der Waals surface area (Å²) in [7, 11) is 0. The lowest BCUT2D eigenvalue weighted by Crippen LogP contribution is -1.97. The molecule has 148 valence electrons. The van der Waals surface area contributed by atoms with Gasteiger partial charge in [-0.15, -0.1) is 0 Å². The van der Waals surface area contributed by atoms with Crippen LogP contribution < -0.4 is 10.2 Å². The van der Waals surface area contributed by atoms with E-state index < -0.39 is 4.92 Å². The molecule has 7 nitrogen and oxygen atoms in total. The summed E-state index contributed by atoms with van der Waals surface area (Å²) in [5.41, 5.74) is 4.65. The second kappa shape index (κ2) is 8.83. The monoisotopic (exact) mass is 398 g/mol. The molecule has 1 heterocycles. The van der Waals surface area contributed by atoms with Crippen LogP contribution in [-0.2, 0) is 6.61 Å². The van der Waals surface area contributed by atoms with Gasteiger partial charge in [0.25, 0.3) is 5.69 Å². The molecule has 0 saturated heterocycles. The Morgan fingerprint density at radius 3 is 2.70 bits per heavy atom. The van der Waals surface area contributed by atoms with Crippen LogP contribution in [0.5, 0.6) is 5.75 Å². The van der Waals surface area contributed by atoms with E-state index >= 15 is 0 Å². The fourth-order valence-electron chi connectivity index (χ4n) is 3.00. The molecule has 0 unspecified atom stereocenters. The average molecular weight is 398 g/mol. The Balaban J connectivity index is 1.40. The van der Waals surface area contributed by atoms with Gasteiger partial charge in [-0.3, -0.25) is 15.5 Å². The number of nitro groups is 1. The molecule has 0 fully saturated rings. The van der Waals surface area contributed by atoms with Crippen molar-refractivity contribution in [3.05, 3.63) is 106 Å². The molecule has 0 saturated carbocycles. The number of hydrogen-bond acceptors (Lipinski definition) is 6. The number of nitrogens with one attached hydrogen (secondary N) is 1. The van der Waals surface area contributed by atoms with Crippen LogP contribution in [-0.4, -0.2) is 16.1 Å². The van der Waals surface area contributed by atoms with Crippen molar-refractivity contribution in [1.82, 2.24) is 4.98 Å².